The van der Waals surface area contributed by atoms with Gasteiger partial charge in [0.25, 0.3) is 0 Å². The van der Waals surface area contributed by atoms with Crippen LogP contribution in [0.3, 0.4) is 0 Å². The van der Waals surface area contributed by atoms with Crippen LogP contribution >= 0.6 is 0 Å². The van der Waals surface area contributed by atoms with Crippen LogP contribution in [0.1, 0.15) is 26.7 Å². The summed E-state index contributed by atoms with van der Waals surface area (Å²) in [6.07, 6.45) is 3.28. The second kappa shape index (κ2) is 6.19. The molecule has 1 aliphatic rings. The Morgan fingerprint density at radius 1 is 1.47 bits per heavy atom. The van der Waals surface area contributed by atoms with Crippen molar-refractivity contribution in [2.75, 3.05) is 36.5 Å². The molecule has 0 spiro atoms. The lowest BCUT2D eigenvalue weighted by molar-refractivity contribution is 0.154. The summed E-state index contributed by atoms with van der Waals surface area (Å²) in [6, 6.07) is 2.01. The number of hydrogen-bond acceptors (Lipinski definition) is 5. The Bertz CT molecular complexity index is 410. The van der Waals surface area contributed by atoms with E-state index in [1.54, 1.807) is 6.33 Å². The smallest absolute Gasteiger partial charge is 0.134 e. The van der Waals surface area contributed by atoms with E-state index in [4.69, 9.17) is 0 Å². The van der Waals surface area contributed by atoms with Gasteiger partial charge >= 0.3 is 0 Å². The third-order valence-electron chi connectivity index (χ3n) is 3.39. The molecule has 2 heterocycles. The van der Waals surface area contributed by atoms with Crippen LogP contribution in [-0.4, -0.2) is 47.9 Å². The molecule has 1 aromatic rings. The fourth-order valence-corrected chi connectivity index (χ4v) is 2.52. The van der Waals surface area contributed by atoms with E-state index < -0.39 is 0 Å². The molecule has 1 fully saturated rings. The van der Waals surface area contributed by atoms with Crippen molar-refractivity contribution in [3.8, 4) is 0 Å². The molecule has 0 amide bonds. The van der Waals surface area contributed by atoms with Gasteiger partial charge in [0.15, 0.2) is 0 Å². The Morgan fingerprint density at radius 3 is 2.95 bits per heavy atom. The monoisotopic (exact) mass is 264 g/mol. The molecule has 5 heteroatoms. The van der Waals surface area contributed by atoms with Gasteiger partial charge in [-0.25, -0.2) is 9.97 Å². The van der Waals surface area contributed by atoms with E-state index in [0.29, 0.717) is 12.5 Å². The molecule has 0 saturated carbocycles. The first kappa shape index (κ1) is 14.1. The van der Waals surface area contributed by atoms with Crippen molar-refractivity contribution in [1.29, 1.82) is 0 Å². The summed E-state index contributed by atoms with van der Waals surface area (Å²) >= 11 is 0. The Hall–Kier alpha value is -1.36. The third kappa shape index (κ3) is 3.80. The summed E-state index contributed by atoms with van der Waals surface area (Å²) in [6.45, 7) is 6.99. The maximum atomic E-state index is 9.74. The molecule has 106 valence electrons. The topological polar surface area (TPSA) is 52.5 Å². The summed E-state index contributed by atoms with van der Waals surface area (Å²) in [7, 11) is 2.05. The van der Waals surface area contributed by atoms with Crippen LogP contribution in [0, 0.1) is 5.92 Å². The maximum absolute atomic E-state index is 9.74. The second-order valence-corrected chi connectivity index (χ2v) is 5.75. The second-order valence-electron chi connectivity index (χ2n) is 5.75. The molecular formula is C14H24N4O. The first-order chi connectivity index (χ1) is 9.06. The fourth-order valence-electron chi connectivity index (χ4n) is 2.52. The summed E-state index contributed by atoms with van der Waals surface area (Å²) in [4.78, 5) is 13.0. The molecule has 1 atom stereocenters. The standard InChI is InChI=1S/C14H24N4O/c1-11(2)8-17(3)13-7-14(16-10-15-13)18-6-4-5-12(19)9-18/h7,10-12,19H,4-6,8-9H2,1-3H3. The van der Waals surface area contributed by atoms with E-state index in [1.807, 2.05) is 6.07 Å². The molecule has 1 saturated heterocycles. The van der Waals surface area contributed by atoms with E-state index in [2.05, 4.69) is 40.7 Å². The van der Waals surface area contributed by atoms with Gasteiger partial charge in [-0.15, -0.1) is 0 Å². The number of aliphatic hydroxyl groups is 1. The Labute approximate surface area is 115 Å². The van der Waals surface area contributed by atoms with Gasteiger partial charge < -0.3 is 14.9 Å². The highest BCUT2D eigenvalue weighted by atomic mass is 16.3. The highest BCUT2D eigenvalue weighted by Crippen LogP contribution is 2.21. The zero-order chi connectivity index (χ0) is 13.8. The van der Waals surface area contributed by atoms with Gasteiger partial charge in [-0.3, -0.25) is 0 Å². The molecule has 1 unspecified atom stereocenters. The van der Waals surface area contributed by atoms with Crippen LogP contribution < -0.4 is 9.80 Å². The normalized spacial score (nSPS) is 19.8. The van der Waals surface area contributed by atoms with Crippen molar-refractivity contribution in [2.24, 2.45) is 5.92 Å². The summed E-state index contributed by atoms with van der Waals surface area (Å²) in [5, 5.41) is 9.74. The highest BCUT2D eigenvalue weighted by molar-refractivity contribution is 5.50. The summed E-state index contributed by atoms with van der Waals surface area (Å²) < 4.78 is 0. The van der Waals surface area contributed by atoms with Crippen LogP contribution in [0.4, 0.5) is 11.6 Å². The molecule has 2 rings (SSSR count). The molecule has 1 N–H and O–H groups in total. The first-order valence-corrected chi connectivity index (χ1v) is 7.02. The van der Waals surface area contributed by atoms with E-state index >= 15 is 0 Å². The van der Waals surface area contributed by atoms with Crippen molar-refractivity contribution in [2.45, 2.75) is 32.8 Å². The molecule has 5 nitrogen and oxygen atoms in total. The van der Waals surface area contributed by atoms with Crippen LogP contribution in [0.2, 0.25) is 0 Å². The van der Waals surface area contributed by atoms with Crippen molar-refractivity contribution >= 4 is 11.6 Å². The highest BCUT2D eigenvalue weighted by Gasteiger charge is 2.19. The summed E-state index contributed by atoms with van der Waals surface area (Å²) in [5.41, 5.74) is 0. The number of nitrogens with zero attached hydrogens (tertiary/aromatic N) is 4. The van der Waals surface area contributed by atoms with Gasteiger partial charge in [-0.2, -0.15) is 0 Å². The molecule has 1 aromatic heterocycles. The third-order valence-corrected chi connectivity index (χ3v) is 3.39. The lowest BCUT2D eigenvalue weighted by atomic mass is 10.1. The minimum absolute atomic E-state index is 0.236. The number of piperidine rings is 1. The average molecular weight is 264 g/mol. The minimum atomic E-state index is -0.236. The van der Waals surface area contributed by atoms with Crippen LogP contribution in [-0.2, 0) is 0 Å². The Kier molecular flexibility index (Phi) is 4.58. The van der Waals surface area contributed by atoms with E-state index in [9.17, 15) is 5.11 Å². The molecule has 19 heavy (non-hydrogen) atoms. The molecule has 0 bridgehead atoms. The number of aliphatic hydroxyl groups excluding tert-OH is 1. The van der Waals surface area contributed by atoms with E-state index in [0.717, 1.165) is 37.6 Å². The van der Waals surface area contributed by atoms with Crippen LogP contribution in [0.5, 0.6) is 0 Å². The predicted molar refractivity (Wildman–Crippen MR) is 77.6 cm³/mol. The molecule has 0 radical (unpaired) electrons. The van der Waals surface area contributed by atoms with Crippen LogP contribution in [0.15, 0.2) is 12.4 Å². The van der Waals surface area contributed by atoms with Gasteiger partial charge in [0, 0.05) is 32.7 Å². The predicted octanol–water partition coefficient (Wildman–Crippen LogP) is 1.53. The quantitative estimate of drug-likeness (QED) is 0.894. The van der Waals surface area contributed by atoms with Gasteiger partial charge in [0.05, 0.1) is 6.10 Å². The van der Waals surface area contributed by atoms with Crippen molar-refractivity contribution in [1.82, 2.24) is 9.97 Å². The lowest BCUT2D eigenvalue weighted by Gasteiger charge is -2.31. The van der Waals surface area contributed by atoms with Gasteiger partial charge in [-0.05, 0) is 18.8 Å². The zero-order valence-electron chi connectivity index (χ0n) is 12.1. The van der Waals surface area contributed by atoms with Gasteiger partial charge in [-0.1, -0.05) is 13.8 Å². The zero-order valence-corrected chi connectivity index (χ0v) is 12.1. The Balaban J connectivity index is 2.10. The van der Waals surface area contributed by atoms with Gasteiger partial charge in [0.1, 0.15) is 18.0 Å². The molecule has 0 aromatic carbocycles. The van der Waals surface area contributed by atoms with Crippen molar-refractivity contribution < 1.29 is 5.11 Å². The van der Waals surface area contributed by atoms with Crippen molar-refractivity contribution in [3.05, 3.63) is 12.4 Å². The number of β-amino-alcohol motifs (C(OH)–C–C–N with tert-alkyl or cyclic N) is 1. The van der Waals surface area contributed by atoms with E-state index in [-0.39, 0.29) is 6.10 Å². The maximum Gasteiger partial charge on any atom is 0.134 e. The number of anilines is 2. The number of rotatable bonds is 4. The largest absolute Gasteiger partial charge is 0.391 e. The average Bonchev–Trinajstić information content (AvgIpc) is 2.38. The van der Waals surface area contributed by atoms with Crippen LogP contribution in [0.25, 0.3) is 0 Å². The lowest BCUT2D eigenvalue weighted by Crippen LogP contribution is -2.38. The fraction of sp³-hybridized carbons (Fsp3) is 0.714. The van der Waals surface area contributed by atoms with Crippen molar-refractivity contribution in [3.63, 3.8) is 0 Å². The first-order valence-electron chi connectivity index (χ1n) is 7.02. The minimum Gasteiger partial charge on any atom is -0.391 e. The Morgan fingerprint density at radius 2 is 2.26 bits per heavy atom. The van der Waals surface area contributed by atoms with Gasteiger partial charge in [0.2, 0.25) is 0 Å². The number of hydrogen-bond donors (Lipinski definition) is 1. The molecular weight excluding hydrogens is 240 g/mol. The number of aromatic nitrogens is 2. The van der Waals surface area contributed by atoms with E-state index in [1.165, 1.54) is 0 Å². The SMILES string of the molecule is CC(C)CN(C)c1cc(N2CCCC(O)C2)ncn1. The molecule has 0 aliphatic carbocycles. The molecule has 1 aliphatic heterocycles. The summed E-state index contributed by atoms with van der Waals surface area (Å²) in [5.74, 6) is 2.46.